The first-order valence-corrected chi connectivity index (χ1v) is 5.49. The van der Waals surface area contributed by atoms with Crippen LogP contribution >= 0.6 is 0 Å². The summed E-state index contributed by atoms with van der Waals surface area (Å²) in [5, 5.41) is 0. The molecular formula is C13H24O2. The lowest BCUT2D eigenvalue weighted by atomic mass is 9.85. The smallest absolute Gasteiger partial charge is 0.306 e. The van der Waals surface area contributed by atoms with Crippen molar-refractivity contribution in [3.05, 3.63) is 12.2 Å². The molecule has 2 heteroatoms. The Hall–Kier alpha value is -0.790. The van der Waals surface area contributed by atoms with Gasteiger partial charge >= 0.3 is 5.97 Å². The summed E-state index contributed by atoms with van der Waals surface area (Å²) in [5.74, 6) is -0.114. The molecule has 0 spiro atoms. The zero-order valence-electron chi connectivity index (χ0n) is 10.9. The highest BCUT2D eigenvalue weighted by Gasteiger charge is 2.24. The molecule has 0 heterocycles. The van der Waals surface area contributed by atoms with Crippen LogP contribution in [0, 0.1) is 5.41 Å². The van der Waals surface area contributed by atoms with Crippen molar-refractivity contribution in [1.82, 2.24) is 0 Å². The molecule has 0 bridgehead atoms. The number of rotatable bonds is 4. The van der Waals surface area contributed by atoms with E-state index in [1.54, 1.807) is 0 Å². The van der Waals surface area contributed by atoms with Gasteiger partial charge in [-0.3, -0.25) is 4.79 Å². The normalized spacial score (nSPS) is 13.2. The van der Waals surface area contributed by atoms with E-state index in [9.17, 15) is 4.79 Å². The van der Waals surface area contributed by atoms with Crippen molar-refractivity contribution in [3.63, 3.8) is 0 Å². The maximum Gasteiger partial charge on any atom is 0.306 e. The predicted octanol–water partition coefficient (Wildman–Crippen LogP) is 3.71. The SMILES string of the molecule is C/C=C/CC(C)(C)CC(=O)OC(C)(C)C. The molecule has 15 heavy (non-hydrogen) atoms. The maximum absolute atomic E-state index is 11.6. The molecule has 0 amide bonds. The van der Waals surface area contributed by atoms with E-state index in [0.717, 1.165) is 6.42 Å². The van der Waals surface area contributed by atoms with Crippen LogP contribution in [-0.4, -0.2) is 11.6 Å². The Morgan fingerprint density at radius 3 is 2.13 bits per heavy atom. The molecule has 0 fully saturated rings. The molecule has 0 aromatic carbocycles. The van der Waals surface area contributed by atoms with Gasteiger partial charge in [-0.15, -0.1) is 0 Å². The van der Waals surface area contributed by atoms with Crippen molar-refractivity contribution in [3.8, 4) is 0 Å². The van der Waals surface area contributed by atoms with Gasteiger partial charge in [-0.05, 0) is 39.5 Å². The number of ether oxygens (including phenoxy) is 1. The van der Waals surface area contributed by atoms with Gasteiger partial charge in [0.25, 0.3) is 0 Å². The van der Waals surface area contributed by atoms with E-state index < -0.39 is 0 Å². The van der Waals surface area contributed by atoms with Gasteiger partial charge in [-0.25, -0.2) is 0 Å². The summed E-state index contributed by atoms with van der Waals surface area (Å²) in [6, 6.07) is 0. The van der Waals surface area contributed by atoms with Gasteiger partial charge in [0.05, 0.1) is 6.42 Å². The minimum absolute atomic E-state index is 0.0190. The zero-order valence-corrected chi connectivity index (χ0v) is 10.9. The third-order valence-electron chi connectivity index (χ3n) is 1.95. The van der Waals surface area contributed by atoms with E-state index >= 15 is 0 Å². The summed E-state index contributed by atoms with van der Waals surface area (Å²) in [7, 11) is 0. The third-order valence-corrected chi connectivity index (χ3v) is 1.95. The highest BCUT2D eigenvalue weighted by Crippen LogP contribution is 2.27. The fourth-order valence-electron chi connectivity index (χ4n) is 1.28. The van der Waals surface area contributed by atoms with Gasteiger partial charge in [0.15, 0.2) is 0 Å². The number of hydrogen-bond acceptors (Lipinski definition) is 2. The molecule has 0 aliphatic carbocycles. The van der Waals surface area contributed by atoms with Crippen LogP contribution in [0.25, 0.3) is 0 Å². The molecule has 0 rings (SSSR count). The first-order valence-electron chi connectivity index (χ1n) is 5.49. The van der Waals surface area contributed by atoms with E-state index in [1.165, 1.54) is 0 Å². The Morgan fingerprint density at radius 2 is 1.73 bits per heavy atom. The van der Waals surface area contributed by atoms with Crippen LogP contribution in [0.15, 0.2) is 12.2 Å². The summed E-state index contributed by atoms with van der Waals surface area (Å²) in [6.45, 7) is 11.8. The van der Waals surface area contributed by atoms with Crippen molar-refractivity contribution >= 4 is 5.97 Å². The fraction of sp³-hybridized carbons (Fsp3) is 0.769. The van der Waals surface area contributed by atoms with Crippen LogP contribution in [0.4, 0.5) is 0 Å². The fourth-order valence-corrected chi connectivity index (χ4v) is 1.28. The lowest BCUT2D eigenvalue weighted by Crippen LogP contribution is -2.27. The molecular weight excluding hydrogens is 188 g/mol. The maximum atomic E-state index is 11.6. The molecule has 0 radical (unpaired) electrons. The summed E-state index contributed by atoms with van der Waals surface area (Å²) in [5.41, 5.74) is -0.400. The van der Waals surface area contributed by atoms with Gasteiger partial charge in [-0.2, -0.15) is 0 Å². The number of hydrogen-bond donors (Lipinski definition) is 0. The molecule has 0 atom stereocenters. The van der Waals surface area contributed by atoms with Crippen molar-refractivity contribution in [1.29, 1.82) is 0 Å². The van der Waals surface area contributed by atoms with E-state index in [2.05, 4.69) is 19.9 Å². The van der Waals surface area contributed by atoms with Crippen molar-refractivity contribution in [2.45, 2.75) is 60.0 Å². The van der Waals surface area contributed by atoms with Crippen LogP contribution in [0.5, 0.6) is 0 Å². The second kappa shape index (κ2) is 5.34. The Labute approximate surface area is 93.7 Å². The Bertz CT molecular complexity index is 231. The lowest BCUT2D eigenvalue weighted by Gasteiger charge is -2.25. The van der Waals surface area contributed by atoms with E-state index in [4.69, 9.17) is 4.74 Å². The molecule has 0 aromatic heterocycles. The molecule has 0 aromatic rings. The Kier molecular flexibility index (Phi) is 5.06. The minimum Gasteiger partial charge on any atom is -0.460 e. The highest BCUT2D eigenvalue weighted by atomic mass is 16.6. The molecule has 0 aliphatic rings. The van der Waals surface area contributed by atoms with Crippen molar-refractivity contribution in [2.75, 3.05) is 0 Å². The molecule has 0 saturated carbocycles. The van der Waals surface area contributed by atoms with Gasteiger partial charge in [0.1, 0.15) is 5.60 Å². The molecule has 2 nitrogen and oxygen atoms in total. The topological polar surface area (TPSA) is 26.3 Å². The first-order chi connectivity index (χ1) is 6.66. The van der Waals surface area contributed by atoms with Gasteiger partial charge in [0.2, 0.25) is 0 Å². The standard InChI is InChI=1S/C13H24O2/c1-7-8-9-13(5,6)10-11(14)15-12(2,3)4/h7-8H,9-10H2,1-6H3/b8-7+. The average Bonchev–Trinajstić information content (AvgIpc) is 1.95. The first kappa shape index (κ1) is 14.2. The van der Waals surface area contributed by atoms with Gasteiger partial charge in [0, 0.05) is 0 Å². The number of allylic oxidation sites excluding steroid dienone is 2. The predicted molar refractivity (Wildman–Crippen MR) is 63.7 cm³/mol. The Morgan fingerprint density at radius 1 is 1.20 bits per heavy atom. The highest BCUT2D eigenvalue weighted by molar-refractivity contribution is 5.70. The van der Waals surface area contributed by atoms with Crippen LogP contribution in [-0.2, 0) is 9.53 Å². The van der Waals surface area contributed by atoms with Crippen LogP contribution < -0.4 is 0 Å². The molecule has 0 aliphatic heterocycles. The van der Waals surface area contributed by atoms with E-state index in [1.807, 2.05) is 33.8 Å². The van der Waals surface area contributed by atoms with Gasteiger partial charge in [-0.1, -0.05) is 26.0 Å². The number of esters is 1. The summed E-state index contributed by atoms with van der Waals surface area (Å²) >= 11 is 0. The third kappa shape index (κ3) is 8.22. The molecule has 88 valence electrons. The van der Waals surface area contributed by atoms with Crippen LogP contribution in [0.1, 0.15) is 54.4 Å². The van der Waals surface area contributed by atoms with Crippen LogP contribution in [0.2, 0.25) is 0 Å². The summed E-state index contributed by atoms with van der Waals surface area (Å²) < 4.78 is 5.29. The summed E-state index contributed by atoms with van der Waals surface area (Å²) in [6.07, 6.45) is 5.47. The minimum atomic E-state index is -0.381. The molecule has 0 N–H and O–H groups in total. The molecule has 0 unspecified atom stereocenters. The summed E-state index contributed by atoms with van der Waals surface area (Å²) in [4.78, 5) is 11.6. The average molecular weight is 212 g/mol. The largest absolute Gasteiger partial charge is 0.460 e. The van der Waals surface area contributed by atoms with Crippen molar-refractivity contribution in [2.24, 2.45) is 5.41 Å². The Balaban J connectivity index is 4.16. The second-order valence-electron chi connectivity index (χ2n) is 5.70. The number of carbonyl (C=O) groups excluding carboxylic acids is 1. The number of carbonyl (C=O) groups is 1. The van der Waals surface area contributed by atoms with E-state index in [-0.39, 0.29) is 17.0 Å². The molecule has 0 saturated heterocycles. The zero-order chi connectivity index (χ0) is 12.1. The lowest BCUT2D eigenvalue weighted by molar-refractivity contribution is -0.157. The van der Waals surface area contributed by atoms with Crippen LogP contribution in [0.3, 0.4) is 0 Å². The quantitative estimate of drug-likeness (QED) is 0.524. The second-order valence-corrected chi connectivity index (χ2v) is 5.70. The van der Waals surface area contributed by atoms with Crippen molar-refractivity contribution < 1.29 is 9.53 Å². The van der Waals surface area contributed by atoms with Gasteiger partial charge < -0.3 is 4.74 Å². The van der Waals surface area contributed by atoms with E-state index in [0.29, 0.717) is 6.42 Å². The monoisotopic (exact) mass is 212 g/mol.